The molecule has 0 unspecified atom stereocenters. The number of hydrogen-bond donors (Lipinski definition) is 0. The Bertz CT molecular complexity index is 489. The largest absolute Gasteiger partial charge is 0.444 e. The van der Waals surface area contributed by atoms with Gasteiger partial charge in [-0.2, -0.15) is 0 Å². The van der Waals surface area contributed by atoms with Gasteiger partial charge in [-0.15, -0.1) is 0 Å². The SMILES string of the molecule is CC(C)(C)OC(=O)N1CCN(C(=O)CCC(=O)N2CCOCC2)CC1. The molecule has 0 aromatic heterocycles. The van der Waals surface area contributed by atoms with Gasteiger partial charge in [0.25, 0.3) is 0 Å². The number of rotatable bonds is 3. The van der Waals surface area contributed by atoms with E-state index in [0.29, 0.717) is 52.5 Å². The molecule has 2 saturated heterocycles. The van der Waals surface area contributed by atoms with E-state index in [1.165, 1.54) is 0 Å². The van der Waals surface area contributed by atoms with Crippen LogP contribution in [0.25, 0.3) is 0 Å². The number of nitrogens with zero attached hydrogens (tertiary/aromatic N) is 3. The van der Waals surface area contributed by atoms with Gasteiger partial charge in [-0.3, -0.25) is 9.59 Å². The van der Waals surface area contributed by atoms with Crippen molar-refractivity contribution in [1.29, 1.82) is 0 Å². The summed E-state index contributed by atoms with van der Waals surface area (Å²) in [5.41, 5.74) is -0.524. The van der Waals surface area contributed by atoms with Crippen molar-refractivity contribution in [3.05, 3.63) is 0 Å². The highest BCUT2D eigenvalue weighted by molar-refractivity contribution is 5.84. The van der Waals surface area contributed by atoms with Gasteiger partial charge in [-0.1, -0.05) is 0 Å². The number of piperazine rings is 1. The lowest BCUT2D eigenvalue weighted by Crippen LogP contribution is -2.51. The normalized spacial score (nSPS) is 18.9. The Morgan fingerprint density at radius 2 is 1.24 bits per heavy atom. The molecule has 0 atom stereocenters. The smallest absolute Gasteiger partial charge is 0.410 e. The molecular formula is C17H29N3O5. The molecule has 8 nitrogen and oxygen atoms in total. The highest BCUT2D eigenvalue weighted by Crippen LogP contribution is 2.13. The van der Waals surface area contributed by atoms with Gasteiger partial charge in [0.1, 0.15) is 5.60 Å². The molecule has 0 aromatic carbocycles. The van der Waals surface area contributed by atoms with E-state index in [2.05, 4.69) is 0 Å². The van der Waals surface area contributed by atoms with Crippen molar-refractivity contribution in [2.45, 2.75) is 39.2 Å². The van der Waals surface area contributed by atoms with Crippen LogP contribution in [-0.4, -0.2) is 90.7 Å². The van der Waals surface area contributed by atoms with Crippen LogP contribution in [0.5, 0.6) is 0 Å². The lowest BCUT2D eigenvalue weighted by Gasteiger charge is -2.35. The van der Waals surface area contributed by atoms with Gasteiger partial charge in [-0.05, 0) is 20.8 Å². The Morgan fingerprint density at radius 1 is 0.800 bits per heavy atom. The molecule has 0 aromatic rings. The van der Waals surface area contributed by atoms with Crippen LogP contribution in [0, 0.1) is 0 Å². The van der Waals surface area contributed by atoms with Gasteiger partial charge in [0.2, 0.25) is 11.8 Å². The summed E-state index contributed by atoms with van der Waals surface area (Å²) in [6, 6.07) is 0. The topological polar surface area (TPSA) is 79.4 Å². The van der Waals surface area contributed by atoms with Crippen LogP contribution in [-0.2, 0) is 19.1 Å². The molecule has 2 rings (SSSR count). The molecule has 2 aliphatic rings. The van der Waals surface area contributed by atoms with Crippen LogP contribution in [0.15, 0.2) is 0 Å². The summed E-state index contributed by atoms with van der Waals surface area (Å²) in [6.45, 7) is 9.67. The van der Waals surface area contributed by atoms with Crippen molar-refractivity contribution in [2.75, 3.05) is 52.5 Å². The van der Waals surface area contributed by atoms with Gasteiger partial charge in [0.15, 0.2) is 0 Å². The first-order valence-electron chi connectivity index (χ1n) is 8.87. The van der Waals surface area contributed by atoms with E-state index in [1.807, 2.05) is 20.8 Å². The van der Waals surface area contributed by atoms with E-state index in [4.69, 9.17) is 9.47 Å². The molecule has 0 spiro atoms. The highest BCUT2D eigenvalue weighted by atomic mass is 16.6. The number of amides is 3. The fourth-order valence-electron chi connectivity index (χ4n) is 2.81. The van der Waals surface area contributed by atoms with Gasteiger partial charge in [-0.25, -0.2) is 4.79 Å². The standard InChI is InChI=1S/C17H29N3O5/c1-17(2,3)25-16(23)20-8-6-18(7-9-20)14(21)4-5-15(22)19-10-12-24-13-11-19/h4-13H2,1-3H3. The first-order chi connectivity index (χ1) is 11.8. The van der Waals surface area contributed by atoms with Crippen LogP contribution >= 0.6 is 0 Å². The molecule has 2 aliphatic heterocycles. The zero-order chi connectivity index (χ0) is 18.4. The summed E-state index contributed by atoms with van der Waals surface area (Å²) in [4.78, 5) is 41.5. The van der Waals surface area contributed by atoms with Crippen molar-refractivity contribution in [1.82, 2.24) is 14.7 Å². The molecule has 0 aliphatic carbocycles. The highest BCUT2D eigenvalue weighted by Gasteiger charge is 2.28. The van der Waals surface area contributed by atoms with E-state index < -0.39 is 5.60 Å². The molecule has 0 radical (unpaired) electrons. The number of carbonyl (C=O) groups is 3. The molecular weight excluding hydrogens is 326 g/mol. The van der Waals surface area contributed by atoms with E-state index in [0.717, 1.165) is 0 Å². The maximum absolute atomic E-state index is 12.3. The van der Waals surface area contributed by atoms with E-state index in [9.17, 15) is 14.4 Å². The van der Waals surface area contributed by atoms with Crippen molar-refractivity contribution in [3.63, 3.8) is 0 Å². The third kappa shape index (κ3) is 6.19. The zero-order valence-corrected chi connectivity index (χ0v) is 15.5. The Hall–Kier alpha value is -1.83. The van der Waals surface area contributed by atoms with Crippen LogP contribution in [0.4, 0.5) is 4.79 Å². The second-order valence-corrected chi connectivity index (χ2v) is 7.34. The second kappa shape index (κ2) is 8.51. The minimum Gasteiger partial charge on any atom is -0.444 e. The molecule has 2 heterocycles. The summed E-state index contributed by atoms with van der Waals surface area (Å²) in [5.74, 6) is -0.0329. The number of ether oxygens (including phenoxy) is 2. The van der Waals surface area contributed by atoms with Crippen LogP contribution < -0.4 is 0 Å². The molecule has 2 fully saturated rings. The van der Waals surface area contributed by atoms with Crippen molar-refractivity contribution < 1.29 is 23.9 Å². The Balaban J connectivity index is 1.70. The fourth-order valence-corrected chi connectivity index (χ4v) is 2.81. The first-order valence-corrected chi connectivity index (χ1v) is 8.87. The number of carbonyl (C=O) groups excluding carboxylic acids is 3. The molecule has 3 amide bonds. The van der Waals surface area contributed by atoms with Crippen LogP contribution in [0.1, 0.15) is 33.6 Å². The predicted molar refractivity (Wildman–Crippen MR) is 91.0 cm³/mol. The first kappa shape index (κ1) is 19.5. The van der Waals surface area contributed by atoms with Gasteiger partial charge in [0, 0.05) is 52.1 Å². The fraction of sp³-hybridized carbons (Fsp3) is 0.824. The lowest BCUT2D eigenvalue weighted by molar-refractivity contribution is -0.140. The molecule has 0 bridgehead atoms. The zero-order valence-electron chi connectivity index (χ0n) is 15.5. The quantitative estimate of drug-likeness (QED) is 0.745. The lowest BCUT2D eigenvalue weighted by atomic mass is 10.2. The Morgan fingerprint density at radius 3 is 1.72 bits per heavy atom. The Labute approximate surface area is 149 Å². The molecule has 142 valence electrons. The van der Waals surface area contributed by atoms with Crippen LogP contribution in [0.2, 0.25) is 0 Å². The number of morpholine rings is 1. The minimum absolute atomic E-state index is 0.00374. The molecule has 0 N–H and O–H groups in total. The van der Waals surface area contributed by atoms with Crippen LogP contribution in [0.3, 0.4) is 0 Å². The van der Waals surface area contributed by atoms with E-state index in [1.54, 1.807) is 14.7 Å². The van der Waals surface area contributed by atoms with E-state index >= 15 is 0 Å². The molecule has 25 heavy (non-hydrogen) atoms. The van der Waals surface area contributed by atoms with Gasteiger partial charge in [0.05, 0.1) is 13.2 Å². The maximum Gasteiger partial charge on any atom is 0.410 e. The summed E-state index contributed by atoms with van der Waals surface area (Å²) >= 11 is 0. The molecule has 8 heteroatoms. The third-order valence-electron chi connectivity index (χ3n) is 4.20. The molecule has 0 saturated carbocycles. The monoisotopic (exact) mass is 355 g/mol. The average Bonchev–Trinajstić information content (AvgIpc) is 2.58. The second-order valence-electron chi connectivity index (χ2n) is 7.34. The summed E-state index contributed by atoms with van der Waals surface area (Å²) in [5, 5.41) is 0. The van der Waals surface area contributed by atoms with Gasteiger partial charge < -0.3 is 24.2 Å². The third-order valence-corrected chi connectivity index (χ3v) is 4.20. The van der Waals surface area contributed by atoms with Crippen molar-refractivity contribution in [2.24, 2.45) is 0 Å². The summed E-state index contributed by atoms with van der Waals surface area (Å²) in [6.07, 6.45) is 0.0930. The summed E-state index contributed by atoms with van der Waals surface area (Å²) < 4.78 is 10.6. The maximum atomic E-state index is 12.3. The average molecular weight is 355 g/mol. The summed E-state index contributed by atoms with van der Waals surface area (Å²) in [7, 11) is 0. The van der Waals surface area contributed by atoms with Crippen molar-refractivity contribution in [3.8, 4) is 0 Å². The Kier molecular flexibility index (Phi) is 6.64. The van der Waals surface area contributed by atoms with Gasteiger partial charge >= 0.3 is 6.09 Å². The van der Waals surface area contributed by atoms with Crippen molar-refractivity contribution >= 4 is 17.9 Å². The number of hydrogen-bond acceptors (Lipinski definition) is 5. The van der Waals surface area contributed by atoms with E-state index in [-0.39, 0.29) is 30.7 Å². The predicted octanol–water partition coefficient (Wildman–Crippen LogP) is 0.705. The minimum atomic E-state index is -0.524.